The fourth-order valence-corrected chi connectivity index (χ4v) is 1.94. The highest BCUT2D eigenvalue weighted by molar-refractivity contribution is 5.21. The topological polar surface area (TPSA) is 50.1 Å². The molecule has 0 bridgehead atoms. The van der Waals surface area contributed by atoms with E-state index in [0.29, 0.717) is 12.1 Å². The van der Waals surface area contributed by atoms with E-state index in [1.807, 2.05) is 13.2 Å². The number of aryl methyl sites for hydroxylation is 1. The van der Waals surface area contributed by atoms with Gasteiger partial charge in [-0.1, -0.05) is 6.07 Å². The Bertz CT molecular complexity index is 586. The zero-order valence-electron chi connectivity index (χ0n) is 11.3. The average Bonchev–Trinajstić information content (AvgIpc) is 2.84. The third kappa shape index (κ3) is 3.40. The van der Waals surface area contributed by atoms with Gasteiger partial charge in [-0.15, -0.1) is 0 Å². The van der Waals surface area contributed by atoms with Gasteiger partial charge < -0.3 is 10.4 Å². The van der Waals surface area contributed by atoms with Crippen molar-refractivity contribution in [2.75, 3.05) is 0 Å². The first-order valence-electron chi connectivity index (χ1n) is 6.31. The molecule has 2 N–H and O–H groups in total. The second-order valence-corrected chi connectivity index (χ2v) is 4.81. The maximum atomic E-state index is 13.1. The summed E-state index contributed by atoms with van der Waals surface area (Å²) in [5, 5.41) is 17.3. The van der Waals surface area contributed by atoms with Crippen molar-refractivity contribution in [3.63, 3.8) is 0 Å². The quantitative estimate of drug-likeness (QED) is 0.880. The van der Waals surface area contributed by atoms with Crippen LogP contribution in [0, 0.1) is 11.6 Å². The maximum Gasteiger partial charge on any atom is 0.159 e. The molecule has 1 heterocycles. The molecule has 2 atom stereocenters. The van der Waals surface area contributed by atoms with Gasteiger partial charge in [0.1, 0.15) is 0 Å². The number of aromatic nitrogens is 2. The number of rotatable bonds is 5. The van der Waals surface area contributed by atoms with Crippen molar-refractivity contribution < 1.29 is 13.9 Å². The van der Waals surface area contributed by atoms with Crippen LogP contribution in [-0.4, -0.2) is 20.9 Å². The number of aliphatic hydroxyl groups is 1. The predicted octanol–water partition coefficient (Wildman–Crippen LogP) is 1.91. The first kappa shape index (κ1) is 14.6. The lowest BCUT2D eigenvalue weighted by Gasteiger charge is -2.20. The van der Waals surface area contributed by atoms with Crippen molar-refractivity contribution in [3.05, 3.63) is 53.4 Å². The second-order valence-electron chi connectivity index (χ2n) is 4.81. The summed E-state index contributed by atoms with van der Waals surface area (Å²) in [6.45, 7) is 2.32. The van der Waals surface area contributed by atoms with E-state index in [2.05, 4.69) is 10.4 Å². The van der Waals surface area contributed by atoms with Crippen LogP contribution >= 0.6 is 0 Å². The summed E-state index contributed by atoms with van der Waals surface area (Å²) in [5.41, 5.74) is 1.33. The number of aliphatic hydroxyl groups excluding tert-OH is 1. The van der Waals surface area contributed by atoms with E-state index < -0.39 is 17.7 Å². The van der Waals surface area contributed by atoms with Gasteiger partial charge in [0.2, 0.25) is 0 Å². The molecule has 1 aromatic heterocycles. The zero-order chi connectivity index (χ0) is 14.7. The minimum Gasteiger partial charge on any atom is -0.387 e. The Labute approximate surface area is 116 Å². The largest absolute Gasteiger partial charge is 0.387 e. The van der Waals surface area contributed by atoms with Crippen LogP contribution in [0.5, 0.6) is 0 Å². The minimum atomic E-state index is -0.957. The molecule has 108 valence electrons. The Morgan fingerprint density at radius 3 is 2.70 bits per heavy atom. The Hall–Kier alpha value is -1.79. The summed E-state index contributed by atoms with van der Waals surface area (Å²) in [6, 6.07) is 3.11. The van der Waals surface area contributed by atoms with Crippen LogP contribution in [0.25, 0.3) is 0 Å². The van der Waals surface area contributed by atoms with Gasteiger partial charge >= 0.3 is 0 Å². The SMILES string of the molecule is C[C@@H](NCc1cnn(C)c1)[C@H](O)c1ccc(F)c(F)c1. The van der Waals surface area contributed by atoms with Gasteiger partial charge in [-0.3, -0.25) is 4.68 Å². The maximum absolute atomic E-state index is 13.1. The lowest BCUT2D eigenvalue weighted by molar-refractivity contribution is 0.135. The fourth-order valence-electron chi connectivity index (χ4n) is 1.94. The van der Waals surface area contributed by atoms with Crippen LogP contribution < -0.4 is 5.32 Å². The fraction of sp³-hybridized carbons (Fsp3) is 0.357. The molecule has 1 aromatic carbocycles. The summed E-state index contributed by atoms with van der Waals surface area (Å²) in [7, 11) is 1.82. The van der Waals surface area contributed by atoms with E-state index >= 15 is 0 Å². The minimum absolute atomic E-state index is 0.305. The van der Waals surface area contributed by atoms with Gasteiger partial charge in [-0.05, 0) is 24.6 Å². The lowest BCUT2D eigenvalue weighted by atomic mass is 10.0. The first-order valence-corrected chi connectivity index (χ1v) is 6.31. The number of hydrogen-bond acceptors (Lipinski definition) is 3. The standard InChI is InChI=1S/C14H17F2N3O/c1-9(17-6-10-7-18-19(2)8-10)14(20)11-3-4-12(15)13(16)5-11/h3-5,7-9,14,17,20H,6H2,1-2H3/t9-,14+/m1/s1. The van der Waals surface area contributed by atoms with Crippen molar-refractivity contribution >= 4 is 0 Å². The van der Waals surface area contributed by atoms with Crippen molar-refractivity contribution in [2.45, 2.75) is 25.6 Å². The molecular weight excluding hydrogens is 264 g/mol. The van der Waals surface area contributed by atoms with Crippen molar-refractivity contribution in [1.82, 2.24) is 15.1 Å². The lowest BCUT2D eigenvalue weighted by Crippen LogP contribution is -2.31. The van der Waals surface area contributed by atoms with Crippen molar-refractivity contribution in [2.24, 2.45) is 7.05 Å². The van der Waals surface area contributed by atoms with Gasteiger partial charge in [-0.25, -0.2) is 8.78 Å². The number of benzene rings is 1. The highest BCUT2D eigenvalue weighted by Crippen LogP contribution is 2.19. The molecule has 0 saturated carbocycles. The van der Waals surface area contributed by atoms with Crippen LogP contribution in [0.15, 0.2) is 30.6 Å². The molecule has 6 heteroatoms. The Balaban J connectivity index is 1.97. The van der Waals surface area contributed by atoms with Crippen molar-refractivity contribution in [3.8, 4) is 0 Å². The highest BCUT2D eigenvalue weighted by Gasteiger charge is 2.17. The Kier molecular flexibility index (Phi) is 4.46. The highest BCUT2D eigenvalue weighted by atomic mass is 19.2. The summed E-state index contributed by atoms with van der Waals surface area (Å²) < 4.78 is 27.7. The van der Waals surface area contributed by atoms with E-state index in [0.717, 1.165) is 17.7 Å². The smallest absolute Gasteiger partial charge is 0.159 e. The normalized spacial score (nSPS) is 14.2. The van der Waals surface area contributed by atoms with Gasteiger partial charge in [0.15, 0.2) is 11.6 Å². The third-order valence-electron chi connectivity index (χ3n) is 3.15. The van der Waals surface area contributed by atoms with Gasteiger partial charge in [0.25, 0.3) is 0 Å². The van der Waals surface area contributed by atoms with E-state index in [4.69, 9.17) is 0 Å². The van der Waals surface area contributed by atoms with Crippen LogP contribution in [-0.2, 0) is 13.6 Å². The molecular formula is C14H17F2N3O. The molecule has 0 unspecified atom stereocenters. The van der Waals surface area contributed by atoms with Gasteiger partial charge in [0, 0.05) is 31.4 Å². The molecule has 0 aliphatic rings. The van der Waals surface area contributed by atoms with Crippen molar-refractivity contribution in [1.29, 1.82) is 0 Å². The molecule has 0 aliphatic carbocycles. The average molecular weight is 281 g/mol. The van der Waals surface area contributed by atoms with Crippen LogP contribution in [0.3, 0.4) is 0 Å². The molecule has 0 aliphatic heterocycles. The number of halogens is 2. The molecule has 2 rings (SSSR count). The molecule has 2 aromatic rings. The van der Waals surface area contributed by atoms with E-state index in [9.17, 15) is 13.9 Å². The molecule has 0 fully saturated rings. The Morgan fingerprint density at radius 1 is 1.35 bits per heavy atom. The van der Waals surface area contributed by atoms with Gasteiger partial charge in [-0.2, -0.15) is 5.10 Å². The summed E-state index contributed by atoms with van der Waals surface area (Å²) >= 11 is 0. The first-order chi connectivity index (χ1) is 9.47. The third-order valence-corrected chi connectivity index (χ3v) is 3.15. The number of hydrogen-bond donors (Lipinski definition) is 2. The predicted molar refractivity (Wildman–Crippen MR) is 70.8 cm³/mol. The molecule has 0 radical (unpaired) electrons. The number of nitrogens with zero attached hydrogens (tertiary/aromatic N) is 2. The zero-order valence-corrected chi connectivity index (χ0v) is 11.3. The Morgan fingerprint density at radius 2 is 2.10 bits per heavy atom. The van der Waals surface area contributed by atoms with E-state index in [1.165, 1.54) is 6.07 Å². The van der Waals surface area contributed by atoms with E-state index in [-0.39, 0.29) is 6.04 Å². The van der Waals surface area contributed by atoms with Crippen LogP contribution in [0.2, 0.25) is 0 Å². The molecule has 0 amide bonds. The summed E-state index contributed by atoms with van der Waals surface area (Å²) in [6.07, 6.45) is 2.68. The van der Waals surface area contributed by atoms with Gasteiger partial charge in [0.05, 0.1) is 12.3 Å². The second kappa shape index (κ2) is 6.11. The molecule has 0 spiro atoms. The molecule has 0 saturated heterocycles. The summed E-state index contributed by atoms with van der Waals surface area (Å²) in [4.78, 5) is 0. The summed E-state index contributed by atoms with van der Waals surface area (Å²) in [5.74, 6) is -1.88. The number of nitrogens with one attached hydrogen (secondary N) is 1. The van der Waals surface area contributed by atoms with E-state index in [1.54, 1.807) is 17.8 Å². The van der Waals surface area contributed by atoms with Crippen LogP contribution in [0.1, 0.15) is 24.2 Å². The monoisotopic (exact) mass is 281 g/mol. The molecule has 4 nitrogen and oxygen atoms in total. The molecule has 20 heavy (non-hydrogen) atoms. The van der Waals surface area contributed by atoms with Crippen LogP contribution in [0.4, 0.5) is 8.78 Å².